The molecule has 3 nitrogen and oxygen atoms in total. The molecule has 2 aromatic carbocycles. The number of aryl methyl sites for hydroxylation is 1. The van der Waals surface area contributed by atoms with Crippen molar-refractivity contribution in [2.45, 2.75) is 13.8 Å². The Morgan fingerprint density at radius 1 is 1.21 bits per heavy atom. The summed E-state index contributed by atoms with van der Waals surface area (Å²) in [6, 6.07) is 14.3. The molecule has 0 fully saturated rings. The van der Waals surface area contributed by atoms with E-state index < -0.39 is 0 Å². The Morgan fingerprint density at radius 3 is 2.68 bits per heavy atom. The molecular weight excluding hydrogens is 238 g/mol. The lowest BCUT2D eigenvalue weighted by molar-refractivity contribution is 0.101. The third-order valence-electron chi connectivity index (χ3n) is 2.79. The first kappa shape index (κ1) is 12.8. The summed E-state index contributed by atoms with van der Waals surface area (Å²) in [6.45, 7) is 3.42. The van der Waals surface area contributed by atoms with Crippen LogP contribution in [0.5, 0.6) is 11.5 Å². The molecule has 0 aliphatic heterocycles. The third kappa shape index (κ3) is 2.99. The summed E-state index contributed by atoms with van der Waals surface area (Å²) in [5.74, 6) is 1.21. The predicted octanol–water partition coefficient (Wildman–Crippen LogP) is 3.86. The van der Waals surface area contributed by atoms with Gasteiger partial charge in [-0.05, 0) is 43.7 Å². The van der Waals surface area contributed by atoms with Gasteiger partial charge in [0.25, 0.3) is 0 Å². The summed E-state index contributed by atoms with van der Waals surface area (Å²) in [5, 5.41) is 8.89. The number of ether oxygens (including phenoxy) is 1. The summed E-state index contributed by atoms with van der Waals surface area (Å²) in [6.07, 6.45) is 0. The van der Waals surface area contributed by atoms with Crippen LogP contribution < -0.4 is 4.74 Å². The van der Waals surface area contributed by atoms with Crippen LogP contribution in [0.1, 0.15) is 28.4 Å². The van der Waals surface area contributed by atoms with Crippen molar-refractivity contribution >= 4 is 5.78 Å². The van der Waals surface area contributed by atoms with Gasteiger partial charge in [0, 0.05) is 5.56 Å². The SMILES string of the molecule is CC(=O)c1cccc(Oc2cc(C#N)ccc2C)c1. The molecule has 0 heterocycles. The predicted molar refractivity (Wildman–Crippen MR) is 72.4 cm³/mol. The highest BCUT2D eigenvalue weighted by atomic mass is 16.5. The van der Waals surface area contributed by atoms with E-state index in [1.807, 2.05) is 13.0 Å². The van der Waals surface area contributed by atoms with Crippen LogP contribution in [-0.4, -0.2) is 5.78 Å². The lowest BCUT2D eigenvalue weighted by Crippen LogP contribution is -1.93. The van der Waals surface area contributed by atoms with Gasteiger partial charge in [-0.1, -0.05) is 18.2 Å². The van der Waals surface area contributed by atoms with E-state index >= 15 is 0 Å². The Kier molecular flexibility index (Phi) is 3.63. The van der Waals surface area contributed by atoms with E-state index in [0.29, 0.717) is 22.6 Å². The van der Waals surface area contributed by atoms with Crippen LogP contribution in [0, 0.1) is 18.3 Å². The number of nitriles is 1. The number of ketones is 1. The van der Waals surface area contributed by atoms with Gasteiger partial charge in [-0.25, -0.2) is 0 Å². The molecule has 0 aliphatic rings. The first-order valence-electron chi connectivity index (χ1n) is 5.90. The second kappa shape index (κ2) is 5.36. The van der Waals surface area contributed by atoms with Crippen molar-refractivity contribution in [2.75, 3.05) is 0 Å². The quantitative estimate of drug-likeness (QED) is 0.778. The van der Waals surface area contributed by atoms with Gasteiger partial charge < -0.3 is 4.74 Å². The van der Waals surface area contributed by atoms with Crippen molar-refractivity contribution in [2.24, 2.45) is 0 Å². The Hall–Kier alpha value is -2.60. The fourth-order valence-electron chi connectivity index (χ4n) is 1.69. The van der Waals surface area contributed by atoms with E-state index in [0.717, 1.165) is 5.56 Å². The Labute approximate surface area is 112 Å². The minimum absolute atomic E-state index is 0.00653. The zero-order valence-electron chi connectivity index (χ0n) is 10.8. The molecule has 19 heavy (non-hydrogen) atoms. The van der Waals surface area contributed by atoms with Crippen molar-refractivity contribution in [3.05, 3.63) is 59.2 Å². The molecule has 0 N–H and O–H groups in total. The van der Waals surface area contributed by atoms with Gasteiger partial charge in [-0.15, -0.1) is 0 Å². The van der Waals surface area contributed by atoms with E-state index in [4.69, 9.17) is 10.00 Å². The first-order valence-corrected chi connectivity index (χ1v) is 5.90. The fraction of sp³-hybridized carbons (Fsp3) is 0.125. The maximum atomic E-state index is 11.3. The van der Waals surface area contributed by atoms with Crippen LogP contribution in [0.15, 0.2) is 42.5 Å². The van der Waals surface area contributed by atoms with Gasteiger partial charge >= 0.3 is 0 Å². The Bertz CT molecular complexity index is 669. The highest BCUT2D eigenvalue weighted by Crippen LogP contribution is 2.26. The topological polar surface area (TPSA) is 50.1 Å². The van der Waals surface area contributed by atoms with Gasteiger partial charge in [0.05, 0.1) is 11.6 Å². The number of carbonyl (C=O) groups is 1. The third-order valence-corrected chi connectivity index (χ3v) is 2.79. The monoisotopic (exact) mass is 251 g/mol. The summed E-state index contributed by atoms with van der Waals surface area (Å²) < 4.78 is 5.74. The van der Waals surface area contributed by atoms with Crippen molar-refractivity contribution in [1.29, 1.82) is 5.26 Å². The molecule has 2 rings (SSSR count). The molecule has 0 unspecified atom stereocenters. The van der Waals surface area contributed by atoms with E-state index in [-0.39, 0.29) is 5.78 Å². The van der Waals surface area contributed by atoms with E-state index in [9.17, 15) is 4.79 Å². The summed E-state index contributed by atoms with van der Waals surface area (Å²) in [7, 11) is 0. The molecule has 2 aromatic rings. The molecule has 0 aromatic heterocycles. The van der Waals surface area contributed by atoms with Crippen molar-refractivity contribution < 1.29 is 9.53 Å². The first-order chi connectivity index (χ1) is 9.10. The van der Waals surface area contributed by atoms with Gasteiger partial charge in [0.1, 0.15) is 11.5 Å². The highest BCUT2D eigenvalue weighted by Gasteiger charge is 2.05. The molecule has 0 radical (unpaired) electrons. The maximum Gasteiger partial charge on any atom is 0.159 e. The van der Waals surface area contributed by atoms with Crippen LogP contribution in [0.25, 0.3) is 0 Å². The normalized spacial score (nSPS) is 9.74. The Balaban J connectivity index is 2.33. The van der Waals surface area contributed by atoms with Gasteiger partial charge in [-0.3, -0.25) is 4.79 Å². The molecule has 3 heteroatoms. The highest BCUT2D eigenvalue weighted by molar-refractivity contribution is 5.94. The summed E-state index contributed by atoms with van der Waals surface area (Å²) in [4.78, 5) is 11.3. The van der Waals surface area contributed by atoms with Crippen LogP contribution in [-0.2, 0) is 0 Å². The van der Waals surface area contributed by atoms with Gasteiger partial charge in [0.2, 0.25) is 0 Å². The summed E-state index contributed by atoms with van der Waals surface area (Å²) >= 11 is 0. The van der Waals surface area contributed by atoms with Crippen molar-refractivity contribution in [1.82, 2.24) is 0 Å². The average molecular weight is 251 g/mol. The zero-order chi connectivity index (χ0) is 13.8. The minimum Gasteiger partial charge on any atom is -0.457 e. The van der Waals surface area contributed by atoms with Gasteiger partial charge in [-0.2, -0.15) is 5.26 Å². The molecule has 0 saturated carbocycles. The lowest BCUT2D eigenvalue weighted by Gasteiger charge is -2.09. The summed E-state index contributed by atoms with van der Waals surface area (Å²) in [5.41, 5.74) is 2.09. The number of carbonyl (C=O) groups excluding carboxylic acids is 1. The lowest BCUT2D eigenvalue weighted by atomic mass is 10.1. The van der Waals surface area contributed by atoms with Crippen molar-refractivity contribution in [3.8, 4) is 17.6 Å². The van der Waals surface area contributed by atoms with Crippen LogP contribution in [0.4, 0.5) is 0 Å². The Morgan fingerprint density at radius 2 is 2.00 bits per heavy atom. The van der Waals surface area contributed by atoms with E-state index in [1.54, 1.807) is 36.4 Å². The van der Waals surface area contributed by atoms with E-state index in [2.05, 4.69) is 6.07 Å². The fourth-order valence-corrected chi connectivity index (χ4v) is 1.69. The second-order valence-corrected chi connectivity index (χ2v) is 4.28. The molecule has 0 amide bonds. The number of nitrogens with zero attached hydrogens (tertiary/aromatic N) is 1. The van der Waals surface area contributed by atoms with Crippen LogP contribution in [0.2, 0.25) is 0 Å². The number of hydrogen-bond acceptors (Lipinski definition) is 3. The largest absolute Gasteiger partial charge is 0.457 e. The molecule has 94 valence electrons. The van der Waals surface area contributed by atoms with Crippen LogP contribution in [0.3, 0.4) is 0 Å². The van der Waals surface area contributed by atoms with Crippen LogP contribution >= 0.6 is 0 Å². The minimum atomic E-state index is -0.00653. The second-order valence-electron chi connectivity index (χ2n) is 4.28. The number of hydrogen-bond donors (Lipinski definition) is 0. The standard InChI is InChI=1S/C16H13NO2/c1-11-6-7-13(10-17)8-16(11)19-15-5-3-4-14(9-15)12(2)18/h3-9H,1-2H3. The average Bonchev–Trinajstić information content (AvgIpc) is 2.41. The smallest absolute Gasteiger partial charge is 0.159 e. The molecule has 0 atom stereocenters. The maximum absolute atomic E-state index is 11.3. The molecule has 0 aliphatic carbocycles. The number of rotatable bonds is 3. The molecule has 0 bridgehead atoms. The number of benzene rings is 2. The van der Waals surface area contributed by atoms with Crippen molar-refractivity contribution in [3.63, 3.8) is 0 Å². The zero-order valence-corrected chi connectivity index (χ0v) is 10.8. The molecular formula is C16H13NO2. The molecule has 0 saturated heterocycles. The molecule has 0 spiro atoms. The van der Waals surface area contributed by atoms with Gasteiger partial charge in [0.15, 0.2) is 5.78 Å². The number of Topliss-reactive ketones (excluding diaryl/α,β-unsaturated/α-hetero) is 1. The van der Waals surface area contributed by atoms with E-state index in [1.165, 1.54) is 6.92 Å².